The summed E-state index contributed by atoms with van der Waals surface area (Å²) < 4.78 is 5.23. The normalized spacial score (nSPS) is 20.0. The Morgan fingerprint density at radius 2 is 2.26 bits per heavy atom. The van der Waals surface area contributed by atoms with Gasteiger partial charge in [-0.15, -0.1) is 0 Å². The lowest BCUT2D eigenvalue weighted by atomic mass is 10.2. The van der Waals surface area contributed by atoms with E-state index in [0.717, 1.165) is 18.5 Å². The molecule has 0 amide bonds. The molecule has 0 radical (unpaired) electrons. The highest BCUT2D eigenvalue weighted by atomic mass is 35.5. The van der Waals surface area contributed by atoms with Crippen molar-refractivity contribution in [2.24, 2.45) is 0 Å². The molecule has 100 valence electrons. The molecule has 5 nitrogen and oxygen atoms in total. The van der Waals surface area contributed by atoms with Gasteiger partial charge in [0.1, 0.15) is 0 Å². The van der Waals surface area contributed by atoms with Crippen molar-refractivity contribution < 1.29 is 9.63 Å². The molecule has 1 saturated heterocycles. The molecule has 0 unspecified atom stereocenters. The van der Waals surface area contributed by atoms with Crippen LogP contribution >= 0.6 is 11.6 Å². The Labute approximate surface area is 115 Å². The Morgan fingerprint density at radius 3 is 3.00 bits per heavy atom. The van der Waals surface area contributed by atoms with Crippen LogP contribution in [0.4, 0.5) is 0 Å². The fraction of sp³-hybridized carbons (Fsp3) is 0.385. The highest BCUT2D eigenvalue weighted by Gasteiger charge is 2.22. The zero-order valence-corrected chi connectivity index (χ0v) is 11.0. The fourth-order valence-electron chi connectivity index (χ4n) is 2.22. The number of aliphatic hydroxyl groups is 1. The van der Waals surface area contributed by atoms with E-state index in [9.17, 15) is 5.11 Å². The smallest absolute Gasteiger partial charge is 0.241 e. The highest BCUT2D eigenvalue weighted by molar-refractivity contribution is 6.33. The number of aliphatic hydroxyl groups excluding tert-OH is 1. The third kappa shape index (κ3) is 2.78. The molecule has 19 heavy (non-hydrogen) atoms. The van der Waals surface area contributed by atoms with Gasteiger partial charge in [0.25, 0.3) is 0 Å². The van der Waals surface area contributed by atoms with Gasteiger partial charge in [0.15, 0.2) is 0 Å². The van der Waals surface area contributed by atoms with Gasteiger partial charge < -0.3 is 9.63 Å². The van der Waals surface area contributed by atoms with Crippen molar-refractivity contribution >= 4 is 11.6 Å². The summed E-state index contributed by atoms with van der Waals surface area (Å²) in [5.41, 5.74) is 0.764. The van der Waals surface area contributed by atoms with Gasteiger partial charge in [0, 0.05) is 18.7 Å². The molecule has 0 bridgehead atoms. The average molecular weight is 280 g/mol. The van der Waals surface area contributed by atoms with Crippen LogP contribution in [-0.4, -0.2) is 39.3 Å². The first-order chi connectivity index (χ1) is 9.22. The predicted octanol–water partition coefficient (Wildman–Crippen LogP) is 1.96. The van der Waals surface area contributed by atoms with Gasteiger partial charge in [0.2, 0.25) is 11.7 Å². The van der Waals surface area contributed by atoms with Crippen molar-refractivity contribution in [2.45, 2.75) is 19.1 Å². The second kappa shape index (κ2) is 5.28. The van der Waals surface area contributed by atoms with Crippen LogP contribution in [0.2, 0.25) is 5.02 Å². The Morgan fingerprint density at radius 1 is 1.42 bits per heavy atom. The van der Waals surface area contributed by atoms with E-state index in [-0.39, 0.29) is 6.10 Å². The van der Waals surface area contributed by atoms with E-state index in [2.05, 4.69) is 15.0 Å². The number of benzene rings is 1. The Hall–Kier alpha value is -1.43. The number of halogens is 1. The molecule has 3 rings (SSSR count). The van der Waals surface area contributed by atoms with Crippen LogP contribution in [0.15, 0.2) is 28.8 Å². The number of rotatable bonds is 3. The van der Waals surface area contributed by atoms with Gasteiger partial charge in [-0.1, -0.05) is 28.9 Å². The number of hydrogen-bond donors (Lipinski definition) is 1. The number of nitrogens with zero attached hydrogens (tertiary/aromatic N) is 3. The third-order valence-corrected chi connectivity index (χ3v) is 3.52. The van der Waals surface area contributed by atoms with Crippen molar-refractivity contribution in [2.75, 3.05) is 13.1 Å². The summed E-state index contributed by atoms with van der Waals surface area (Å²) in [5.74, 6) is 1.05. The Balaban J connectivity index is 1.75. The van der Waals surface area contributed by atoms with Crippen LogP contribution in [0.5, 0.6) is 0 Å². The molecule has 1 aliphatic heterocycles. The monoisotopic (exact) mass is 279 g/mol. The van der Waals surface area contributed by atoms with Gasteiger partial charge >= 0.3 is 0 Å². The van der Waals surface area contributed by atoms with E-state index >= 15 is 0 Å². The standard InChI is InChI=1S/C13H14ClN3O2/c14-11-4-2-1-3-10(11)13-15-12(19-16-13)8-17-6-5-9(18)7-17/h1-4,9,18H,5-8H2/t9-/m1/s1. The van der Waals surface area contributed by atoms with E-state index in [1.807, 2.05) is 18.2 Å². The molecular weight excluding hydrogens is 266 g/mol. The zero-order valence-electron chi connectivity index (χ0n) is 10.3. The summed E-state index contributed by atoms with van der Waals surface area (Å²) in [4.78, 5) is 6.44. The Bertz CT molecular complexity index is 573. The Kier molecular flexibility index (Phi) is 3.50. The van der Waals surface area contributed by atoms with Crippen LogP contribution < -0.4 is 0 Å². The first-order valence-corrected chi connectivity index (χ1v) is 6.58. The zero-order chi connectivity index (χ0) is 13.2. The fourth-order valence-corrected chi connectivity index (χ4v) is 2.44. The second-order valence-electron chi connectivity index (χ2n) is 4.67. The molecule has 1 fully saturated rings. The molecule has 2 heterocycles. The molecule has 0 saturated carbocycles. The lowest BCUT2D eigenvalue weighted by Crippen LogP contribution is -2.21. The molecule has 1 aliphatic rings. The maximum atomic E-state index is 9.47. The maximum absolute atomic E-state index is 9.47. The van der Waals surface area contributed by atoms with Crippen LogP contribution in [0.3, 0.4) is 0 Å². The summed E-state index contributed by atoms with van der Waals surface area (Å²) >= 11 is 6.09. The van der Waals surface area contributed by atoms with Crippen molar-refractivity contribution in [3.05, 3.63) is 35.2 Å². The summed E-state index contributed by atoms with van der Waals surface area (Å²) in [6.45, 7) is 2.07. The summed E-state index contributed by atoms with van der Waals surface area (Å²) in [5, 5.41) is 14.0. The highest BCUT2D eigenvalue weighted by Crippen LogP contribution is 2.25. The van der Waals surface area contributed by atoms with Crippen molar-refractivity contribution in [3.63, 3.8) is 0 Å². The quantitative estimate of drug-likeness (QED) is 0.930. The van der Waals surface area contributed by atoms with E-state index in [4.69, 9.17) is 16.1 Å². The van der Waals surface area contributed by atoms with Gasteiger partial charge in [0.05, 0.1) is 17.7 Å². The second-order valence-corrected chi connectivity index (χ2v) is 5.08. The maximum Gasteiger partial charge on any atom is 0.241 e. The van der Waals surface area contributed by atoms with Crippen molar-refractivity contribution in [3.8, 4) is 11.4 Å². The largest absolute Gasteiger partial charge is 0.392 e. The molecule has 1 aromatic carbocycles. The first kappa shape index (κ1) is 12.6. The van der Waals surface area contributed by atoms with Gasteiger partial charge in [-0.05, 0) is 18.6 Å². The third-order valence-electron chi connectivity index (χ3n) is 3.19. The van der Waals surface area contributed by atoms with Crippen LogP contribution in [-0.2, 0) is 6.54 Å². The van der Waals surface area contributed by atoms with Crippen LogP contribution in [0.1, 0.15) is 12.3 Å². The molecule has 6 heteroatoms. The molecule has 0 aliphatic carbocycles. The summed E-state index contributed by atoms with van der Waals surface area (Å²) in [7, 11) is 0. The van der Waals surface area contributed by atoms with E-state index in [1.165, 1.54) is 0 Å². The SMILES string of the molecule is O[C@@H]1CCN(Cc2nc(-c3ccccc3Cl)no2)C1. The molecule has 1 N–H and O–H groups in total. The van der Waals surface area contributed by atoms with Gasteiger partial charge in [-0.3, -0.25) is 4.90 Å². The minimum atomic E-state index is -0.244. The predicted molar refractivity (Wildman–Crippen MR) is 70.6 cm³/mol. The van der Waals surface area contributed by atoms with Crippen LogP contribution in [0.25, 0.3) is 11.4 Å². The number of β-amino-alcohol motifs (C(OH)–C–C–N with tert-alkyl or cyclic N) is 1. The minimum absolute atomic E-state index is 0.244. The lowest BCUT2D eigenvalue weighted by Gasteiger charge is -2.10. The number of likely N-dealkylation sites (tertiary alicyclic amines) is 1. The first-order valence-electron chi connectivity index (χ1n) is 6.20. The van der Waals surface area contributed by atoms with E-state index < -0.39 is 0 Å². The molecule has 1 atom stereocenters. The minimum Gasteiger partial charge on any atom is -0.392 e. The average Bonchev–Trinajstić information content (AvgIpc) is 3.00. The van der Waals surface area contributed by atoms with Crippen molar-refractivity contribution in [1.82, 2.24) is 15.0 Å². The number of aromatic nitrogens is 2. The lowest BCUT2D eigenvalue weighted by molar-refractivity contribution is 0.169. The van der Waals surface area contributed by atoms with E-state index in [1.54, 1.807) is 6.07 Å². The number of hydrogen-bond acceptors (Lipinski definition) is 5. The molecule has 2 aromatic rings. The summed E-state index contributed by atoms with van der Waals surface area (Å²) in [6, 6.07) is 7.40. The molecular formula is C13H14ClN3O2. The topological polar surface area (TPSA) is 62.4 Å². The van der Waals surface area contributed by atoms with Crippen LogP contribution in [0, 0.1) is 0 Å². The van der Waals surface area contributed by atoms with Gasteiger partial charge in [-0.2, -0.15) is 4.98 Å². The van der Waals surface area contributed by atoms with Crippen molar-refractivity contribution in [1.29, 1.82) is 0 Å². The molecule has 0 spiro atoms. The van der Waals surface area contributed by atoms with Gasteiger partial charge in [-0.25, -0.2) is 0 Å². The van der Waals surface area contributed by atoms with E-state index in [0.29, 0.717) is 29.8 Å². The summed E-state index contributed by atoms with van der Waals surface area (Å²) in [6.07, 6.45) is 0.553. The molecule has 1 aromatic heterocycles.